The van der Waals surface area contributed by atoms with Crippen molar-refractivity contribution in [3.05, 3.63) is 47.5 Å². The lowest BCUT2D eigenvalue weighted by Crippen LogP contribution is -2.34. The van der Waals surface area contributed by atoms with Crippen molar-refractivity contribution in [2.45, 2.75) is 6.92 Å². The molecule has 0 fully saturated rings. The molecule has 9 nitrogen and oxygen atoms in total. The zero-order chi connectivity index (χ0) is 23.3. The fraction of sp³-hybridized carbons (Fsp3) is 0.261. The smallest absolute Gasteiger partial charge is 0.259 e. The van der Waals surface area contributed by atoms with Crippen molar-refractivity contribution in [1.82, 2.24) is 10.7 Å². The van der Waals surface area contributed by atoms with Crippen LogP contribution in [0.2, 0.25) is 0 Å². The number of rotatable bonds is 11. The number of amides is 2. The number of ether oxygens (including phenoxy) is 4. The van der Waals surface area contributed by atoms with Gasteiger partial charge in [0, 0.05) is 5.56 Å². The minimum absolute atomic E-state index is 0.124. The molecule has 0 spiro atoms. The van der Waals surface area contributed by atoms with Crippen molar-refractivity contribution in [3.63, 3.8) is 0 Å². The van der Waals surface area contributed by atoms with Crippen LogP contribution in [0.15, 0.2) is 41.5 Å². The fourth-order valence-corrected chi connectivity index (χ4v) is 2.57. The summed E-state index contributed by atoms with van der Waals surface area (Å²) in [6.07, 6.45) is 6.66. The van der Waals surface area contributed by atoms with E-state index in [-0.39, 0.29) is 13.2 Å². The lowest BCUT2D eigenvalue weighted by Gasteiger charge is -2.10. The van der Waals surface area contributed by atoms with Crippen molar-refractivity contribution in [2.75, 3.05) is 34.0 Å². The maximum Gasteiger partial charge on any atom is 0.259 e. The molecular weight excluding hydrogens is 414 g/mol. The molecule has 0 bridgehead atoms. The maximum absolute atomic E-state index is 12.3. The summed E-state index contributed by atoms with van der Waals surface area (Å²) in [5.41, 5.74) is 3.36. The zero-order valence-electron chi connectivity index (χ0n) is 18.1. The summed E-state index contributed by atoms with van der Waals surface area (Å²) < 4.78 is 21.3. The molecule has 0 aliphatic heterocycles. The molecule has 168 valence electrons. The first-order chi connectivity index (χ1) is 15.5. The van der Waals surface area contributed by atoms with Gasteiger partial charge in [0.25, 0.3) is 11.8 Å². The number of hydrazone groups is 1. The predicted molar refractivity (Wildman–Crippen MR) is 120 cm³/mol. The van der Waals surface area contributed by atoms with Gasteiger partial charge in [-0.1, -0.05) is 5.92 Å². The van der Waals surface area contributed by atoms with E-state index in [0.29, 0.717) is 40.7 Å². The summed E-state index contributed by atoms with van der Waals surface area (Å²) in [6, 6.07) is 9.86. The van der Waals surface area contributed by atoms with Gasteiger partial charge < -0.3 is 24.3 Å². The third-order valence-corrected chi connectivity index (χ3v) is 4.04. The van der Waals surface area contributed by atoms with Crippen molar-refractivity contribution < 1.29 is 28.5 Å². The molecule has 0 saturated carbocycles. The molecule has 9 heteroatoms. The molecule has 0 atom stereocenters. The molecule has 2 rings (SSSR count). The van der Waals surface area contributed by atoms with Gasteiger partial charge in [-0.3, -0.25) is 9.59 Å². The Labute approximate surface area is 186 Å². The minimum atomic E-state index is -0.492. The van der Waals surface area contributed by atoms with E-state index < -0.39 is 11.8 Å². The lowest BCUT2D eigenvalue weighted by atomic mass is 10.2. The van der Waals surface area contributed by atoms with E-state index in [1.807, 2.05) is 6.92 Å². The Morgan fingerprint density at radius 2 is 1.78 bits per heavy atom. The first-order valence-electron chi connectivity index (χ1n) is 9.67. The number of carbonyl (C=O) groups is 2. The Balaban J connectivity index is 1.90. The van der Waals surface area contributed by atoms with Gasteiger partial charge in [0.15, 0.2) is 23.0 Å². The molecule has 0 heterocycles. The average Bonchev–Trinajstić information content (AvgIpc) is 2.81. The van der Waals surface area contributed by atoms with Crippen LogP contribution in [0.25, 0.3) is 0 Å². The highest BCUT2D eigenvalue weighted by Crippen LogP contribution is 2.28. The van der Waals surface area contributed by atoms with E-state index in [2.05, 4.69) is 21.8 Å². The summed E-state index contributed by atoms with van der Waals surface area (Å²) in [5, 5.41) is 6.41. The summed E-state index contributed by atoms with van der Waals surface area (Å²) in [5.74, 6) is 3.41. The van der Waals surface area contributed by atoms with E-state index in [4.69, 9.17) is 25.4 Å². The molecule has 2 aromatic rings. The molecule has 2 N–H and O–H groups in total. The summed E-state index contributed by atoms with van der Waals surface area (Å²) in [7, 11) is 2.97. The van der Waals surface area contributed by atoms with Crippen LogP contribution in [0.4, 0.5) is 0 Å². The van der Waals surface area contributed by atoms with Gasteiger partial charge in [-0.15, -0.1) is 6.42 Å². The number of terminal acetylenes is 1. The molecule has 0 saturated heterocycles. The zero-order valence-corrected chi connectivity index (χ0v) is 18.1. The van der Waals surface area contributed by atoms with Gasteiger partial charge in [-0.2, -0.15) is 5.10 Å². The molecule has 0 aromatic heterocycles. The third kappa shape index (κ3) is 6.95. The summed E-state index contributed by atoms with van der Waals surface area (Å²) >= 11 is 0. The second kappa shape index (κ2) is 12.5. The Morgan fingerprint density at radius 3 is 2.47 bits per heavy atom. The number of hydrogen-bond acceptors (Lipinski definition) is 7. The highest BCUT2D eigenvalue weighted by Gasteiger charge is 2.12. The van der Waals surface area contributed by atoms with E-state index in [9.17, 15) is 9.59 Å². The summed E-state index contributed by atoms with van der Waals surface area (Å²) in [4.78, 5) is 24.2. The van der Waals surface area contributed by atoms with Gasteiger partial charge in [-0.25, -0.2) is 5.43 Å². The summed E-state index contributed by atoms with van der Waals surface area (Å²) in [6.45, 7) is 2.16. The van der Waals surface area contributed by atoms with Crippen molar-refractivity contribution in [3.8, 4) is 35.3 Å². The number of methoxy groups -OCH3 is 2. The monoisotopic (exact) mass is 439 g/mol. The van der Waals surface area contributed by atoms with Crippen LogP contribution in [-0.4, -0.2) is 52.0 Å². The quantitative estimate of drug-likeness (QED) is 0.315. The third-order valence-electron chi connectivity index (χ3n) is 4.04. The molecular formula is C23H25N3O6. The van der Waals surface area contributed by atoms with Crippen LogP contribution >= 0.6 is 0 Å². The van der Waals surface area contributed by atoms with Crippen molar-refractivity contribution >= 4 is 18.0 Å². The second-order valence-electron chi connectivity index (χ2n) is 6.18. The fourth-order valence-electron chi connectivity index (χ4n) is 2.57. The average molecular weight is 439 g/mol. The van der Waals surface area contributed by atoms with E-state index >= 15 is 0 Å². The van der Waals surface area contributed by atoms with Gasteiger partial charge in [0.05, 0.1) is 33.6 Å². The normalized spacial score (nSPS) is 10.2. The highest BCUT2D eigenvalue weighted by atomic mass is 16.5. The second-order valence-corrected chi connectivity index (χ2v) is 6.18. The molecule has 2 aromatic carbocycles. The molecule has 0 aliphatic carbocycles. The topological polar surface area (TPSA) is 107 Å². The maximum atomic E-state index is 12.3. The Kier molecular flexibility index (Phi) is 9.40. The predicted octanol–water partition coefficient (Wildman–Crippen LogP) is 1.99. The molecule has 0 radical (unpaired) electrons. The Hall–Kier alpha value is -4.19. The number of carbonyl (C=O) groups excluding carboxylic acids is 2. The number of nitrogens with one attached hydrogen (secondary N) is 2. The molecule has 0 aliphatic rings. The van der Waals surface area contributed by atoms with E-state index in [1.165, 1.54) is 26.5 Å². The first kappa shape index (κ1) is 24.1. The van der Waals surface area contributed by atoms with Crippen LogP contribution in [0.1, 0.15) is 22.8 Å². The minimum Gasteiger partial charge on any atom is -0.493 e. The highest BCUT2D eigenvalue weighted by molar-refractivity contribution is 5.97. The van der Waals surface area contributed by atoms with Gasteiger partial charge >= 0.3 is 0 Å². The van der Waals surface area contributed by atoms with Crippen LogP contribution < -0.4 is 29.7 Å². The van der Waals surface area contributed by atoms with Crippen LogP contribution in [0, 0.1) is 12.3 Å². The number of hydrogen-bond donors (Lipinski definition) is 2. The van der Waals surface area contributed by atoms with Crippen molar-refractivity contribution in [2.24, 2.45) is 5.10 Å². The van der Waals surface area contributed by atoms with Crippen LogP contribution in [0.3, 0.4) is 0 Å². The largest absolute Gasteiger partial charge is 0.493 e. The number of nitrogens with zero attached hydrogens (tertiary/aromatic N) is 1. The first-order valence-corrected chi connectivity index (χ1v) is 9.67. The number of benzene rings is 2. The SMILES string of the molecule is C#CCOc1ccc(/C=N/NC(=O)CNC(=O)c2ccc(OC)c(OC)c2)cc1OCC. The molecule has 32 heavy (non-hydrogen) atoms. The Morgan fingerprint density at radius 1 is 1.03 bits per heavy atom. The van der Waals surface area contributed by atoms with Crippen LogP contribution in [-0.2, 0) is 4.79 Å². The van der Waals surface area contributed by atoms with E-state index in [1.54, 1.807) is 30.3 Å². The Bertz CT molecular complexity index is 1010. The van der Waals surface area contributed by atoms with Gasteiger partial charge in [-0.05, 0) is 48.9 Å². The van der Waals surface area contributed by atoms with Gasteiger partial charge in [0.2, 0.25) is 0 Å². The molecule has 0 unspecified atom stereocenters. The van der Waals surface area contributed by atoms with E-state index in [0.717, 1.165) is 0 Å². The van der Waals surface area contributed by atoms with Crippen LogP contribution in [0.5, 0.6) is 23.0 Å². The molecule has 2 amide bonds. The van der Waals surface area contributed by atoms with Crippen molar-refractivity contribution in [1.29, 1.82) is 0 Å². The standard InChI is InChI=1S/C23H25N3O6/c1-5-11-32-19-9-7-16(12-21(19)31-6-2)14-25-26-22(27)15-24-23(28)17-8-10-18(29-3)20(13-17)30-4/h1,7-10,12-14H,6,11,15H2,2-4H3,(H,24,28)(H,26,27)/b25-14+. The van der Waals surface area contributed by atoms with Gasteiger partial charge in [0.1, 0.15) is 6.61 Å². The lowest BCUT2D eigenvalue weighted by molar-refractivity contribution is -0.120.